The number of piperidine rings is 1. The van der Waals surface area contributed by atoms with Gasteiger partial charge in [-0.05, 0) is 30.8 Å². The van der Waals surface area contributed by atoms with Crippen molar-refractivity contribution in [3.8, 4) is 0 Å². The highest BCUT2D eigenvalue weighted by Gasteiger charge is 2.21. The molecular weight excluding hydrogens is 248 g/mol. The molecule has 1 aromatic rings. The van der Waals surface area contributed by atoms with Gasteiger partial charge in [0.25, 0.3) is 0 Å². The van der Waals surface area contributed by atoms with Gasteiger partial charge in [0.2, 0.25) is 5.91 Å². The van der Waals surface area contributed by atoms with E-state index in [4.69, 9.17) is 0 Å². The van der Waals surface area contributed by atoms with Gasteiger partial charge in [-0.15, -0.1) is 11.3 Å². The number of aliphatic hydroxyl groups is 1. The Morgan fingerprint density at radius 3 is 3.17 bits per heavy atom. The zero-order valence-corrected chi connectivity index (χ0v) is 11.5. The second-order valence-electron chi connectivity index (χ2n) is 4.86. The van der Waals surface area contributed by atoms with Crippen molar-refractivity contribution in [3.05, 3.63) is 22.4 Å². The predicted octanol–water partition coefficient (Wildman–Crippen LogP) is 1.16. The lowest BCUT2D eigenvalue weighted by atomic mass is 10.1. The van der Waals surface area contributed by atoms with E-state index in [0.717, 1.165) is 19.4 Å². The van der Waals surface area contributed by atoms with E-state index in [1.165, 1.54) is 4.88 Å². The third kappa shape index (κ3) is 3.80. The van der Waals surface area contributed by atoms with E-state index in [1.807, 2.05) is 29.5 Å². The Morgan fingerprint density at radius 2 is 2.50 bits per heavy atom. The molecule has 1 aliphatic rings. The number of hydrogen-bond donors (Lipinski definition) is 1. The highest BCUT2D eigenvalue weighted by molar-refractivity contribution is 7.09. The molecule has 2 heterocycles. The average molecular weight is 268 g/mol. The van der Waals surface area contributed by atoms with E-state index in [9.17, 15) is 9.90 Å². The van der Waals surface area contributed by atoms with Crippen molar-refractivity contribution in [1.82, 2.24) is 9.80 Å². The fraction of sp³-hybridized carbons (Fsp3) is 0.615. The minimum absolute atomic E-state index is 0.123. The lowest BCUT2D eigenvalue weighted by Crippen LogP contribution is -2.44. The topological polar surface area (TPSA) is 43.8 Å². The molecule has 1 saturated heterocycles. The first-order valence-electron chi connectivity index (χ1n) is 6.32. The number of amides is 1. The average Bonchev–Trinajstić information content (AvgIpc) is 2.81. The first-order valence-corrected chi connectivity index (χ1v) is 7.20. The van der Waals surface area contributed by atoms with E-state index < -0.39 is 0 Å². The summed E-state index contributed by atoms with van der Waals surface area (Å²) >= 11 is 1.67. The molecular formula is C13H20N2O2S. The number of hydrogen-bond acceptors (Lipinski definition) is 4. The van der Waals surface area contributed by atoms with Crippen molar-refractivity contribution in [3.63, 3.8) is 0 Å². The van der Waals surface area contributed by atoms with Crippen molar-refractivity contribution < 1.29 is 9.90 Å². The van der Waals surface area contributed by atoms with Crippen LogP contribution in [0, 0.1) is 0 Å². The summed E-state index contributed by atoms with van der Waals surface area (Å²) < 4.78 is 0. The number of likely N-dealkylation sites (N-methyl/N-ethyl adjacent to an activating group) is 1. The number of rotatable bonds is 4. The van der Waals surface area contributed by atoms with Gasteiger partial charge in [0.15, 0.2) is 0 Å². The lowest BCUT2D eigenvalue weighted by molar-refractivity contribution is -0.132. The summed E-state index contributed by atoms with van der Waals surface area (Å²) in [6.45, 7) is 2.63. The van der Waals surface area contributed by atoms with Crippen LogP contribution in [-0.2, 0) is 11.3 Å². The van der Waals surface area contributed by atoms with Crippen molar-refractivity contribution in [2.75, 3.05) is 26.7 Å². The van der Waals surface area contributed by atoms with Crippen LogP contribution in [0.1, 0.15) is 17.7 Å². The Bertz CT molecular complexity index is 380. The summed E-state index contributed by atoms with van der Waals surface area (Å²) in [6, 6.07) is 4.04. The van der Waals surface area contributed by atoms with E-state index in [2.05, 4.69) is 0 Å². The quantitative estimate of drug-likeness (QED) is 0.891. The Morgan fingerprint density at radius 1 is 1.67 bits per heavy atom. The number of aliphatic hydroxyl groups excluding tert-OH is 1. The molecule has 0 bridgehead atoms. The molecule has 0 unspecified atom stereocenters. The van der Waals surface area contributed by atoms with Gasteiger partial charge in [-0.25, -0.2) is 0 Å². The summed E-state index contributed by atoms with van der Waals surface area (Å²) in [6.07, 6.45) is 1.56. The van der Waals surface area contributed by atoms with Gasteiger partial charge in [0.1, 0.15) is 0 Å². The van der Waals surface area contributed by atoms with Gasteiger partial charge in [0, 0.05) is 18.5 Å². The van der Waals surface area contributed by atoms with Crippen LogP contribution in [-0.4, -0.2) is 53.6 Å². The first kappa shape index (κ1) is 13.5. The number of likely N-dealkylation sites (tertiary alicyclic amines) is 1. The number of carbonyl (C=O) groups excluding carboxylic acids is 1. The van der Waals surface area contributed by atoms with Gasteiger partial charge >= 0.3 is 0 Å². The smallest absolute Gasteiger partial charge is 0.236 e. The third-order valence-electron chi connectivity index (χ3n) is 3.24. The second kappa shape index (κ2) is 6.31. The van der Waals surface area contributed by atoms with Crippen LogP contribution in [0.25, 0.3) is 0 Å². The fourth-order valence-electron chi connectivity index (χ4n) is 2.21. The molecule has 4 nitrogen and oxygen atoms in total. The van der Waals surface area contributed by atoms with Crippen molar-refractivity contribution in [2.24, 2.45) is 0 Å². The van der Waals surface area contributed by atoms with Gasteiger partial charge in [-0.2, -0.15) is 0 Å². The number of thiophene rings is 1. The number of nitrogens with zero attached hydrogens (tertiary/aromatic N) is 2. The van der Waals surface area contributed by atoms with Gasteiger partial charge in [-0.1, -0.05) is 6.07 Å². The maximum absolute atomic E-state index is 12.1. The first-order chi connectivity index (χ1) is 8.65. The van der Waals surface area contributed by atoms with Gasteiger partial charge in [-0.3, -0.25) is 9.69 Å². The monoisotopic (exact) mass is 268 g/mol. The van der Waals surface area contributed by atoms with Crippen LogP contribution >= 0.6 is 11.3 Å². The minimum Gasteiger partial charge on any atom is -0.392 e. The SMILES string of the molecule is CN(Cc1cccs1)C(=O)CN1CCC[C@H](O)C1. The third-order valence-corrected chi connectivity index (χ3v) is 4.10. The largest absolute Gasteiger partial charge is 0.392 e. The van der Waals surface area contributed by atoms with Gasteiger partial charge in [0.05, 0.1) is 19.2 Å². The highest BCUT2D eigenvalue weighted by atomic mass is 32.1. The molecule has 0 aromatic carbocycles. The minimum atomic E-state index is -0.269. The lowest BCUT2D eigenvalue weighted by Gasteiger charge is -2.30. The molecule has 1 fully saturated rings. The Labute approximate surface area is 112 Å². The molecule has 2 rings (SSSR count). The van der Waals surface area contributed by atoms with Crippen LogP contribution in [0.5, 0.6) is 0 Å². The van der Waals surface area contributed by atoms with Crippen molar-refractivity contribution in [2.45, 2.75) is 25.5 Å². The van der Waals surface area contributed by atoms with Crippen LogP contribution in [0.3, 0.4) is 0 Å². The molecule has 1 atom stereocenters. The molecule has 5 heteroatoms. The normalized spacial score (nSPS) is 20.9. The number of β-amino-alcohol motifs (C(OH)–C–C–N with tert-alkyl or cyclic N) is 1. The molecule has 0 aliphatic carbocycles. The van der Waals surface area contributed by atoms with Crippen LogP contribution in [0.2, 0.25) is 0 Å². The number of carbonyl (C=O) groups is 1. The summed E-state index contributed by atoms with van der Waals surface area (Å²) in [5.41, 5.74) is 0. The molecule has 1 amide bonds. The molecule has 0 spiro atoms. The van der Waals surface area contributed by atoms with Gasteiger partial charge < -0.3 is 10.0 Å². The maximum atomic E-state index is 12.1. The van der Waals surface area contributed by atoms with Crippen molar-refractivity contribution >= 4 is 17.2 Å². The summed E-state index contributed by atoms with van der Waals surface area (Å²) in [4.78, 5) is 17.0. The molecule has 1 aliphatic heterocycles. The summed E-state index contributed by atoms with van der Waals surface area (Å²) in [7, 11) is 1.84. The zero-order chi connectivity index (χ0) is 13.0. The predicted molar refractivity (Wildman–Crippen MR) is 72.5 cm³/mol. The van der Waals surface area contributed by atoms with E-state index >= 15 is 0 Å². The van der Waals surface area contributed by atoms with Crippen LogP contribution in [0.15, 0.2) is 17.5 Å². The summed E-state index contributed by atoms with van der Waals surface area (Å²) in [5, 5.41) is 11.6. The molecule has 18 heavy (non-hydrogen) atoms. The fourth-order valence-corrected chi connectivity index (χ4v) is 2.97. The Balaban J connectivity index is 1.79. The standard InChI is InChI=1S/C13H20N2O2S/c1-14(9-12-5-3-7-18-12)13(17)10-15-6-2-4-11(16)8-15/h3,5,7,11,16H,2,4,6,8-10H2,1H3/t11-/m0/s1. The van der Waals surface area contributed by atoms with Crippen LogP contribution in [0.4, 0.5) is 0 Å². The van der Waals surface area contributed by atoms with E-state index in [1.54, 1.807) is 16.2 Å². The molecule has 0 radical (unpaired) electrons. The Hall–Kier alpha value is -0.910. The molecule has 1 aromatic heterocycles. The maximum Gasteiger partial charge on any atom is 0.236 e. The summed E-state index contributed by atoms with van der Waals surface area (Å²) in [5.74, 6) is 0.123. The molecule has 100 valence electrons. The second-order valence-corrected chi connectivity index (χ2v) is 5.89. The van der Waals surface area contributed by atoms with E-state index in [0.29, 0.717) is 19.6 Å². The Kier molecular flexibility index (Phi) is 4.74. The zero-order valence-electron chi connectivity index (χ0n) is 10.7. The van der Waals surface area contributed by atoms with E-state index in [-0.39, 0.29) is 12.0 Å². The highest BCUT2D eigenvalue weighted by Crippen LogP contribution is 2.12. The van der Waals surface area contributed by atoms with Crippen molar-refractivity contribution in [1.29, 1.82) is 0 Å². The molecule has 1 N–H and O–H groups in total. The van der Waals surface area contributed by atoms with Crippen LogP contribution < -0.4 is 0 Å². The molecule has 0 saturated carbocycles.